The van der Waals surface area contributed by atoms with Crippen LogP contribution in [-0.4, -0.2) is 70.1 Å². The molecule has 1 fully saturated rings. The normalized spacial score (nSPS) is 15.0. The van der Waals surface area contributed by atoms with E-state index in [0.29, 0.717) is 36.1 Å². The van der Waals surface area contributed by atoms with Gasteiger partial charge in [0.25, 0.3) is 0 Å². The van der Waals surface area contributed by atoms with Crippen LogP contribution in [0.25, 0.3) is 0 Å². The van der Waals surface area contributed by atoms with Gasteiger partial charge in [0.05, 0.1) is 0 Å². The maximum atomic E-state index is 14.4. The molecule has 1 aliphatic rings. The Bertz CT molecular complexity index is 1390. The highest BCUT2D eigenvalue weighted by Crippen LogP contribution is 2.36. The Labute approximate surface area is 277 Å². The van der Waals surface area contributed by atoms with E-state index in [2.05, 4.69) is 16.6 Å². The molecule has 9 nitrogen and oxygen atoms in total. The van der Waals surface area contributed by atoms with Crippen molar-refractivity contribution < 1.29 is 28.7 Å². The minimum atomic E-state index is -1.11. The number of nitrogens with one attached hydrogen (secondary N) is 2. The average Bonchev–Trinajstić information content (AvgIpc) is 3.81. The lowest BCUT2D eigenvalue weighted by molar-refractivity contribution is -0.159. The molecule has 0 spiro atoms. The quantitative estimate of drug-likeness (QED) is 0.220. The molecule has 46 heavy (non-hydrogen) atoms. The molecule has 3 atom stereocenters. The number of amides is 3. The van der Waals surface area contributed by atoms with Crippen LogP contribution in [0.4, 0.5) is 4.79 Å². The Morgan fingerprint density at radius 3 is 2.04 bits per heavy atom. The number of alkyl carbamates (subject to hydrolysis) is 1. The number of rotatable bonds is 13. The van der Waals surface area contributed by atoms with Crippen LogP contribution in [0.1, 0.15) is 83.5 Å². The molecule has 248 valence electrons. The summed E-state index contributed by atoms with van der Waals surface area (Å²) in [5.74, 6) is 1.65. The highest BCUT2D eigenvalue weighted by Gasteiger charge is 2.45. The third-order valence-corrected chi connectivity index (χ3v) is 7.65. The predicted molar refractivity (Wildman–Crippen MR) is 181 cm³/mol. The summed E-state index contributed by atoms with van der Waals surface area (Å²) in [6.45, 7) is 10.5. The number of hydrogen-bond acceptors (Lipinski definition) is 7. The smallest absolute Gasteiger partial charge is 0.408 e. The molecule has 0 aromatic heterocycles. The van der Waals surface area contributed by atoms with Gasteiger partial charge in [-0.1, -0.05) is 48.4 Å². The fourth-order valence-corrected chi connectivity index (χ4v) is 5.33. The molecule has 0 heterocycles. The molecule has 2 aromatic carbocycles. The van der Waals surface area contributed by atoms with Gasteiger partial charge in [-0.15, -0.1) is 6.42 Å². The van der Waals surface area contributed by atoms with Gasteiger partial charge in [-0.3, -0.25) is 9.59 Å². The van der Waals surface area contributed by atoms with Gasteiger partial charge in [0.1, 0.15) is 29.3 Å². The zero-order valence-corrected chi connectivity index (χ0v) is 28.7. The summed E-state index contributed by atoms with van der Waals surface area (Å²) in [6.07, 6.45) is 8.72. The van der Waals surface area contributed by atoms with Crippen molar-refractivity contribution in [3.8, 4) is 12.3 Å². The van der Waals surface area contributed by atoms with Gasteiger partial charge in [-0.25, -0.2) is 9.59 Å². The van der Waals surface area contributed by atoms with Crippen LogP contribution >= 0.6 is 11.8 Å². The molecule has 1 aliphatic carbocycles. The lowest BCUT2D eigenvalue weighted by Crippen LogP contribution is -2.55. The fraction of sp³-hybridized carbons (Fsp3) is 0.500. The Morgan fingerprint density at radius 1 is 0.913 bits per heavy atom. The summed E-state index contributed by atoms with van der Waals surface area (Å²) in [7, 11) is 0. The van der Waals surface area contributed by atoms with E-state index in [1.54, 1.807) is 82.5 Å². The van der Waals surface area contributed by atoms with Crippen LogP contribution in [0.2, 0.25) is 0 Å². The molecular weight excluding hydrogens is 602 g/mol. The van der Waals surface area contributed by atoms with Gasteiger partial charge in [0, 0.05) is 18.0 Å². The summed E-state index contributed by atoms with van der Waals surface area (Å²) < 4.78 is 11.2. The van der Waals surface area contributed by atoms with Gasteiger partial charge in [0.2, 0.25) is 11.8 Å². The molecule has 1 saturated carbocycles. The number of carbonyl (C=O) groups excluding carboxylic acids is 4. The second-order valence-corrected chi connectivity index (χ2v) is 14.4. The average molecular weight is 650 g/mol. The lowest BCUT2D eigenvalue weighted by Gasteiger charge is -2.35. The molecule has 2 aromatic rings. The summed E-state index contributed by atoms with van der Waals surface area (Å²) in [4.78, 5) is 56.7. The Hall–Kier alpha value is -3.97. The van der Waals surface area contributed by atoms with E-state index < -0.39 is 53.2 Å². The van der Waals surface area contributed by atoms with Crippen LogP contribution in [0.3, 0.4) is 0 Å². The highest BCUT2D eigenvalue weighted by atomic mass is 32.2. The fourth-order valence-electron chi connectivity index (χ4n) is 4.86. The van der Waals surface area contributed by atoms with Crippen molar-refractivity contribution in [2.24, 2.45) is 0 Å². The van der Waals surface area contributed by atoms with Crippen molar-refractivity contribution in [2.75, 3.05) is 12.0 Å². The summed E-state index contributed by atoms with van der Waals surface area (Å²) in [5, 5.41) is 5.68. The zero-order chi connectivity index (χ0) is 34.1. The van der Waals surface area contributed by atoms with E-state index in [4.69, 9.17) is 15.9 Å². The lowest BCUT2D eigenvalue weighted by atomic mass is 9.99. The minimum Gasteiger partial charge on any atom is -0.458 e. The molecule has 0 bridgehead atoms. The number of ether oxygens (including phenoxy) is 2. The van der Waals surface area contributed by atoms with E-state index in [-0.39, 0.29) is 12.5 Å². The molecule has 0 radical (unpaired) electrons. The first-order valence-electron chi connectivity index (χ1n) is 15.6. The zero-order valence-electron chi connectivity index (χ0n) is 27.9. The first-order valence-corrected chi connectivity index (χ1v) is 17.0. The minimum absolute atomic E-state index is 0.193. The largest absolute Gasteiger partial charge is 0.458 e. The summed E-state index contributed by atoms with van der Waals surface area (Å²) in [5.41, 5.74) is 0.439. The molecule has 3 rings (SSSR count). The van der Waals surface area contributed by atoms with E-state index in [1.165, 1.54) is 0 Å². The third-order valence-electron chi connectivity index (χ3n) is 7.00. The number of terminal acetylenes is 1. The maximum Gasteiger partial charge on any atom is 0.408 e. The Morgan fingerprint density at radius 2 is 1.52 bits per heavy atom. The van der Waals surface area contributed by atoms with Gasteiger partial charge in [-0.05, 0) is 96.1 Å². The standard InChI is InChI=1S/C36H47N3O6S/c1-9-24-15-17-26(18-16-24)30(31(40)37-29(33(42)44-35(2,3)4)23-25-13-11-10-12-14-25)39(27-19-20-27)32(41)28(21-22-46-8)38-34(43)45-36(5,6)7/h1,10-18,27-30H,19-23H2,2-8H3,(H,37,40)(H,38,43). The SMILES string of the molecule is C#Cc1ccc(C(C(=O)NC(Cc2ccccc2)C(=O)OC(C)(C)C)N(C(=O)C(CCSC)NC(=O)OC(C)(C)C)C2CC2)cc1. The topological polar surface area (TPSA) is 114 Å². The number of thioether (sulfide) groups is 1. The van der Waals surface area contributed by atoms with Crippen LogP contribution in [0, 0.1) is 12.3 Å². The molecule has 3 unspecified atom stereocenters. The van der Waals surface area contributed by atoms with Crippen molar-refractivity contribution >= 4 is 35.6 Å². The van der Waals surface area contributed by atoms with Crippen molar-refractivity contribution in [3.05, 3.63) is 71.3 Å². The molecule has 3 amide bonds. The maximum absolute atomic E-state index is 14.4. The molecular formula is C36H47N3O6S. The number of esters is 1. The number of hydrogen-bond donors (Lipinski definition) is 2. The molecule has 0 saturated heterocycles. The number of nitrogens with zero attached hydrogens (tertiary/aromatic N) is 1. The molecule has 2 N–H and O–H groups in total. The third kappa shape index (κ3) is 11.4. The van der Waals surface area contributed by atoms with Crippen LogP contribution in [0.15, 0.2) is 54.6 Å². The number of carbonyl (C=O) groups is 4. The van der Waals surface area contributed by atoms with E-state index in [9.17, 15) is 19.2 Å². The van der Waals surface area contributed by atoms with Crippen LogP contribution < -0.4 is 10.6 Å². The van der Waals surface area contributed by atoms with Crippen molar-refractivity contribution in [3.63, 3.8) is 0 Å². The van der Waals surface area contributed by atoms with Crippen molar-refractivity contribution in [1.82, 2.24) is 15.5 Å². The molecule has 10 heteroatoms. The first kappa shape index (κ1) is 36.5. The predicted octanol–water partition coefficient (Wildman–Crippen LogP) is 5.42. The van der Waals surface area contributed by atoms with Gasteiger partial charge in [-0.2, -0.15) is 11.8 Å². The summed E-state index contributed by atoms with van der Waals surface area (Å²) in [6, 6.07) is 12.9. The number of benzene rings is 2. The van der Waals surface area contributed by atoms with Crippen molar-refractivity contribution in [1.29, 1.82) is 0 Å². The van der Waals surface area contributed by atoms with Crippen LogP contribution in [-0.2, 0) is 30.3 Å². The van der Waals surface area contributed by atoms with Crippen molar-refractivity contribution in [2.45, 2.75) is 103 Å². The van der Waals surface area contributed by atoms with E-state index >= 15 is 0 Å². The molecule has 0 aliphatic heterocycles. The Kier molecular flexibility index (Phi) is 12.7. The van der Waals surface area contributed by atoms with E-state index in [1.807, 2.05) is 36.6 Å². The summed E-state index contributed by atoms with van der Waals surface area (Å²) >= 11 is 1.54. The first-order chi connectivity index (χ1) is 21.6. The highest BCUT2D eigenvalue weighted by molar-refractivity contribution is 7.98. The van der Waals surface area contributed by atoms with Gasteiger partial charge in [0.15, 0.2) is 0 Å². The van der Waals surface area contributed by atoms with Gasteiger partial charge < -0.3 is 25.0 Å². The second kappa shape index (κ2) is 16.0. The monoisotopic (exact) mass is 649 g/mol. The van der Waals surface area contributed by atoms with Gasteiger partial charge >= 0.3 is 12.1 Å². The Balaban J connectivity index is 2.03. The van der Waals surface area contributed by atoms with Crippen LogP contribution in [0.5, 0.6) is 0 Å². The second-order valence-electron chi connectivity index (χ2n) is 13.4. The van der Waals surface area contributed by atoms with E-state index in [0.717, 1.165) is 5.56 Å².